The first-order valence-corrected chi connectivity index (χ1v) is 6.46. The summed E-state index contributed by atoms with van der Waals surface area (Å²) in [6, 6.07) is 9.56. The standard InChI is InChI=1S/C14H16N4O2/c15-12(19)14(13(16)20)8-17-5-6-18-10-4-2-1-3-9(10)7-11(14)18/h1-4,7,17H,5-6,8H2,(H2,15,19)(H2,16,20). The molecule has 0 spiro atoms. The van der Waals surface area contributed by atoms with Gasteiger partial charge in [-0.25, -0.2) is 0 Å². The summed E-state index contributed by atoms with van der Waals surface area (Å²) in [4.78, 5) is 24.0. The third-order valence-electron chi connectivity index (χ3n) is 3.99. The van der Waals surface area contributed by atoms with E-state index in [0.29, 0.717) is 18.8 Å². The molecular formula is C14H16N4O2. The molecule has 2 amide bonds. The van der Waals surface area contributed by atoms with Gasteiger partial charge in [0.05, 0.1) is 0 Å². The molecule has 3 rings (SSSR count). The van der Waals surface area contributed by atoms with E-state index < -0.39 is 17.2 Å². The lowest BCUT2D eigenvalue weighted by atomic mass is 9.82. The number of benzene rings is 1. The van der Waals surface area contributed by atoms with Crippen molar-refractivity contribution in [1.29, 1.82) is 0 Å². The molecule has 0 aliphatic carbocycles. The second kappa shape index (κ2) is 4.35. The van der Waals surface area contributed by atoms with Gasteiger partial charge in [-0.05, 0) is 17.5 Å². The van der Waals surface area contributed by atoms with Crippen LogP contribution >= 0.6 is 0 Å². The van der Waals surface area contributed by atoms with Gasteiger partial charge >= 0.3 is 0 Å². The van der Waals surface area contributed by atoms with Gasteiger partial charge in [-0.15, -0.1) is 0 Å². The molecule has 0 unspecified atom stereocenters. The highest BCUT2D eigenvalue weighted by Crippen LogP contribution is 2.31. The lowest BCUT2D eigenvalue weighted by molar-refractivity contribution is -0.134. The number of carbonyl (C=O) groups is 2. The van der Waals surface area contributed by atoms with Crippen molar-refractivity contribution in [2.45, 2.75) is 12.0 Å². The van der Waals surface area contributed by atoms with E-state index in [-0.39, 0.29) is 6.54 Å². The zero-order valence-corrected chi connectivity index (χ0v) is 10.9. The summed E-state index contributed by atoms with van der Waals surface area (Å²) in [5.74, 6) is -1.44. The largest absolute Gasteiger partial charge is 0.368 e. The highest BCUT2D eigenvalue weighted by Gasteiger charge is 2.48. The topological polar surface area (TPSA) is 103 Å². The molecule has 0 saturated heterocycles. The lowest BCUT2D eigenvalue weighted by Crippen LogP contribution is -2.56. The number of hydrogen-bond donors (Lipinski definition) is 3. The minimum absolute atomic E-state index is 0.133. The zero-order chi connectivity index (χ0) is 14.3. The molecule has 0 bridgehead atoms. The van der Waals surface area contributed by atoms with Crippen molar-refractivity contribution in [3.8, 4) is 0 Å². The second-order valence-electron chi connectivity index (χ2n) is 5.05. The Kier molecular flexibility index (Phi) is 2.76. The molecule has 6 heteroatoms. The van der Waals surface area contributed by atoms with Crippen LogP contribution in [-0.2, 0) is 21.5 Å². The third-order valence-corrected chi connectivity index (χ3v) is 3.99. The summed E-state index contributed by atoms with van der Waals surface area (Å²) in [5, 5.41) is 4.04. The van der Waals surface area contributed by atoms with Crippen LogP contribution in [0.5, 0.6) is 0 Å². The summed E-state index contributed by atoms with van der Waals surface area (Å²) < 4.78 is 1.95. The highest BCUT2D eigenvalue weighted by molar-refractivity contribution is 6.10. The van der Waals surface area contributed by atoms with Gasteiger partial charge in [-0.2, -0.15) is 0 Å². The van der Waals surface area contributed by atoms with Gasteiger partial charge in [0, 0.05) is 30.8 Å². The van der Waals surface area contributed by atoms with Crippen LogP contribution in [0.15, 0.2) is 30.3 Å². The van der Waals surface area contributed by atoms with Crippen LogP contribution in [-0.4, -0.2) is 29.5 Å². The van der Waals surface area contributed by atoms with E-state index in [1.807, 2.05) is 34.9 Å². The summed E-state index contributed by atoms with van der Waals surface area (Å²) in [6.45, 7) is 1.44. The van der Waals surface area contributed by atoms with Gasteiger partial charge in [-0.3, -0.25) is 9.59 Å². The number of aromatic nitrogens is 1. The van der Waals surface area contributed by atoms with E-state index in [1.54, 1.807) is 0 Å². The maximum Gasteiger partial charge on any atom is 0.240 e. The molecule has 2 heterocycles. The van der Waals surface area contributed by atoms with Crippen molar-refractivity contribution in [2.24, 2.45) is 11.5 Å². The molecule has 1 aromatic carbocycles. The number of amides is 2. The van der Waals surface area contributed by atoms with E-state index in [4.69, 9.17) is 11.5 Å². The first kappa shape index (κ1) is 12.7. The van der Waals surface area contributed by atoms with Gasteiger partial charge in [0.15, 0.2) is 5.41 Å². The number of nitrogens with one attached hydrogen (secondary N) is 1. The molecule has 0 radical (unpaired) electrons. The molecule has 1 aliphatic heterocycles. The predicted molar refractivity (Wildman–Crippen MR) is 74.9 cm³/mol. The monoisotopic (exact) mass is 272 g/mol. The molecule has 1 aliphatic rings. The fraction of sp³-hybridized carbons (Fsp3) is 0.286. The van der Waals surface area contributed by atoms with Crippen molar-refractivity contribution < 1.29 is 9.59 Å². The van der Waals surface area contributed by atoms with Gasteiger partial charge in [0.1, 0.15) is 0 Å². The third kappa shape index (κ3) is 1.55. The zero-order valence-electron chi connectivity index (χ0n) is 10.9. The minimum Gasteiger partial charge on any atom is -0.368 e. The number of rotatable bonds is 2. The van der Waals surface area contributed by atoms with Crippen LogP contribution in [0.3, 0.4) is 0 Å². The summed E-state index contributed by atoms with van der Waals surface area (Å²) in [6.07, 6.45) is 0. The molecule has 6 nitrogen and oxygen atoms in total. The van der Waals surface area contributed by atoms with E-state index in [2.05, 4.69) is 5.32 Å². The van der Waals surface area contributed by atoms with Crippen LogP contribution in [0.4, 0.5) is 0 Å². The second-order valence-corrected chi connectivity index (χ2v) is 5.05. The normalized spacial score (nSPS) is 17.4. The van der Waals surface area contributed by atoms with Crippen molar-refractivity contribution >= 4 is 22.7 Å². The van der Waals surface area contributed by atoms with Crippen LogP contribution in [0, 0.1) is 0 Å². The van der Waals surface area contributed by atoms with E-state index in [9.17, 15) is 9.59 Å². The van der Waals surface area contributed by atoms with Crippen LogP contribution in [0.25, 0.3) is 10.9 Å². The highest BCUT2D eigenvalue weighted by atomic mass is 16.2. The van der Waals surface area contributed by atoms with E-state index >= 15 is 0 Å². The summed E-state index contributed by atoms with van der Waals surface area (Å²) >= 11 is 0. The number of primary amides is 2. The number of fused-ring (bicyclic) bond motifs is 3. The van der Waals surface area contributed by atoms with Gasteiger partial charge in [-0.1, -0.05) is 18.2 Å². The number of hydrogen-bond acceptors (Lipinski definition) is 3. The number of para-hydroxylation sites is 1. The van der Waals surface area contributed by atoms with E-state index in [1.165, 1.54) is 0 Å². The maximum absolute atomic E-state index is 12.0. The first-order chi connectivity index (χ1) is 9.57. The van der Waals surface area contributed by atoms with E-state index in [0.717, 1.165) is 10.9 Å². The maximum atomic E-state index is 12.0. The molecule has 0 saturated carbocycles. The number of nitrogens with two attached hydrogens (primary N) is 2. The molecule has 1 aromatic heterocycles. The molecule has 2 aromatic rings. The Labute approximate surface area is 115 Å². The SMILES string of the molecule is NC(=O)C1(C(N)=O)CNCCn2c1cc1ccccc12. The van der Waals surface area contributed by atoms with Crippen molar-refractivity contribution in [3.63, 3.8) is 0 Å². The average Bonchev–Trinajstić information content (AvgIpc) is 2.66. The molecule has 5 N–H and O–H groups in total. The Hall–Kier alpha value is -2.34. The molecule has 0 atom stereocenters. The summed E-state index contributed by atoms with van der Waals surface area (Å²) in [7, 11) is 0. The Morgan fingerprint density at radius 2 is 1.90 bits per heavy atom. The summed E-state index contributed by atoms with van der Waals surface area (Å²) in [5.41, 5.74) is 11.1. The molecule has 104 valence electrons. The van der Waals surface area contributed by atoms with Crippen LogP contribution in [0.2, 0.25) is 0 Å². The van der Waals surface area contributed by atoms with Gasteiger partial charge < -0.3 is 21.4 Å². The molecule has 0 fully saturated rings. The quantitative estimate of drug-likeness (QED) is 0.639. The Bertz CT molecular complexity index is 690. The van der Waals surface area contributed by atoms with Crippen molar-refractivity contribution in [1.82, 2.24) is 9.88 Å². The Morgan fingerprint density at radius 3 is 2.60 bits per heavy atom. The van der Waals surface area contributed by atoms with Crippen LogP contribution in [0.1, 0.15) is 5.69 Å². The average molecular weight is 272 g/mol. The molecule has 20 heavy (non-hydrogen) atoms. The number of nitrogens with zero attached hydrogens (tertiary/aromatic N) is 1. The molecular weight excluding hydrogens is 256 g/mol. The first-order valence-electron chi connectivity index (χ1n) is 6.46. The van der Waals surface area contributed by atoms with Crippen molar-refractivity contribution in [3.05, 3.63) is 36.0 Å². The van der Waals surface area contributed by atoms with Gasteiger partial charge in [0.2, 0.25) is 11.8 Å². The predicted octanol–water partition coefficient (Wildman–Crippen LogP) is -0.547. The number of carbonyl (C=O) groups excluding carboxylic acids is 2. The fourth-order valence-corrected chi connectivity index (χ4v) is 2.91. The lowest BCUT2D eigenvalue weighted by Gasteiger charge is -2.26. The minimum atomic E-state index is -1.50. The Balaban J connectivity index is 2.36. The smallest absolute Gasteiger partial charge is 0.240 e. The van der Waals surface area contributed by atoms with Crippen LogP contribution < -0.4 is 16.8 Å². The Morgan fingerprint density at radius 1 is 1.20 bits per heavy atom. The fourth-order valence-electron chi connectivity index (χ4n) is 2.91. The van der Waals surface area contributed by atoms with Gasteiger partial charge in [0.25, 0.3) is 0 Å². The van der Waals surface area contributed by atoms with Crippen molar-refractivity contribution in [2.75, 3.05) is 13.1 Å².